The summed E-state index contributed by atoms with van der Waals surface area (Å²) in [4.78, 5) is 38.8. The summed E-state index contributed by atoms with van der Waals surface area (Å²) >= 11 is 0. The third-order valence-corrected chi connectivity index (χ3v) is 5.47. The monoisotopic (exact) mass is 419 g/mol. The van der Waals surface area contributed by atoms with Crippen LogP contribution in [0.15, 0.2) is 48.5 Å². The molecule has 2 atom stereocenters. The Hall–Kier alpha value is -3.66. The maximum absolute atomic E-state index is 12.6. The first kappa shape index (κ1) is 22.0. The van der Waals surface area contributed by atoms with E-state index in [4.69, 9.17) is 10.00 Å². The molecular weight excluding hydrogens is 394 g/mol. The predicted octanol–water partition coefficient (Wildman–Crippen LogP) is 3.61. The van der Waals surface area contributed by atoms with Crippen LogP contribution in [0.4, 0.5) is 11.4 Å². The van der Waals surface area contributed by atoms with E-state index in [9.17, 15) is 14.4 Å². The third-order valence-electron chi connectivity index (χ3n) is 5.47. The van der Waals surface area contributed by atoms with E-state index >= 15 is 0 Å². The topological polar surface area (TPSA) is 99.5 Å². The molecule has 2 amide bonds. The van der Waals surface area contributed by atoms with Crippen molar-refractivity contribution in [2.75, 3.05) is 23.4 Å². The number of para-hydroxylation sites is 1. The number of nitrogens with zero attached hydrogens (tertiary/aromatic N) is 2. The number of rotatable bonds is 7. The molecule has 0 bridgehead atoms. The average molecular weight is 419 g/mol. The van der Waals surface area contributed by atoms with Crippen LogP contribution in [0.25, 0.3) is 0 Å². The number of hydrogen-bond acceptors (Lipinski definition) is 5. The molecular formula is C24H25N3O4. The second kappa shape index (κ2) is 9.90. The summed E-state index contributed by atoms with van der Waals surface area (Å²) in [7, 11) is 0. The number of carbonyl (C=O) groups is 3. The van der Waals surface area contributed by atoms with Gasteiger partial charge in [-0.25, -0.2) is 0 Å². The predicted molar refractivity (Wildman–Crippen MR) is 116 cm³/mol. The molecule has 1 saturated heterocycles. The third kappa shape index (κ3) is 5.28. The van der Waals surface area contributed by atoms with Crippen molar-refractivity contribution in [1.82, 2.24) is 0 Å². The second-order valence-corrected chi connectivity index (χ2v) is 7.62. The van der Waals surface area contributed by atoms with Gasteiger partial charge in [-0.2, -0.15) is 5.26 Å². The maximum atomic E-state index is 12.6. The van der Waals surface area contributed by atoms with Gasteiger partial charge in [-0.05, 0) is 48.2 Å². The molecule has 0 spiro atoms. The van der Waals surface area contributed by atoms with Gasteiger partial charge >= 0.3 is 5.97 Å². The summed E-state index contributed by atoms with van der Waals surface area (Å²) in [5.74, 6) is -1.49. The van der Waals surface area contributed by atoms with E-state index < -0.39 is 24.4 Å². The van der Waals surface area contributed by atoms with Crippen molar-refractivity contribution >= 4 is 29.2 Å². The van der Waals surface area contributed by atoms with E-state index in [2.05, 4.69) is 19.2 Å². The first-order valence-corrected chi connectivity index (χ1v) is 10.3. The Morgan fingerprint density at radius 3 is 2.61 bits per heavy atom. The van der Waals surface area contributed by atoms with Crippen molar-refractivity contribution in [2.24, 2.45) is 5.92 Å². The molecule has 0 aliphatic carbocycles. The molecule has 0 unspecified atom stereocenters. The lowest BCUT2D eigenvalue weighted by Gasteiger charge is -2.23. The van der Waals surface area contributed by atoms with E-state index in [0.717, 1.165) is 17.7 Å². The van der Waals surface area contributed by atoms with E-state index in [1.54, 1.807) is 29.2 Å². The Balaban J connectivity index is 1.57. The number of nitriles is 1. The number of hydrogen-bond donors (Lipinski definition) is 1. The molecule has 160 valence electrons. The molecule has 0 radical (unpaired) electrons. The summed E-state index contributed by atoms with van der Waals surface area (Å²) in [6.45, 7) is 4.00. The molecule has 1 heterocycles. The molecule has 7 heteroatoms. The van der Waals surface area contributed by atoms with Gasteiger partial charge in [0.15, 0.2) is 6.61 Å². The lowest BCUT2D eigenvalue weighted by atomic mass is 9.96. The van der Waals surface area contributed by atoms with E-state index in [1.165, 1.54) is 0 Å². The van der Waals surface area contributed by atoms with Gasteiger partial charge in [-0.1, -0.05) is 32.0 Å². The Labute approximate surface area is 181 Å². The number of ether oxygens (including phenoxy) is 1. The molecule has 3 rings (SSSR count). The highest BCUT2D eigenvalue weighted by Gasteiger charge is 2.37. The summed E-state index contributed by atoms with van der Waals surface area (Å²) in [6, 6.07) is 16.1. The highest BCUT2D eigenvalue weighted by Crippen LogP contribution is 2.33. The van der Waals surface area contributed by atoms with Gasteiger partial charge in [0.05, 0.1) is 17.6 Å². The minimum atomic E-state index is -0.611. The number of amides is 2. The largest absolute Gasteiger partial charge is 0.455 e. The molecule has 31 heavy (non-hydrogen) atoms. The van der Waals surface area contributed by atoms with Crippen LogP contribution < -0.4 is 10.2 Å². The molecule has 0 aromatic heterocycles. The summed E-state index contributed by atoms with van der Waals surface area (Å²) in [5, 5.41) is 11.4. The highest BCUT2D eigenvalue weighted by molar-refractivity contribution is 6.00. The Bertz CT molecular complexity index is 1010. The molecule has 7 nitrogen and oxygen atoms in total. The fraction of sp³-hybridized carbons (Fsp3) is 0.333. The first-order chi connectivity index (χ1) is 14.9. The van der Waals surface area contributed by atoms with Crippen LogP contribution in [-0.4, -0.2) is 30.9 Å². The Kier molecular flexibility index (Phi) is 7.03. The van der Waals surface area contributed by atoms with E-state index in [-0.39, 0.29) is 18.9 Å². The van der Waals surface area contributed by atoms with Gasteiger partial charge < -0.3 is 15.0 Å². The number of nitrogens with one attached hydrogen (secondary N) is 1. The summed E-state index contributed by atoms with van der Waals surface area (Å²) < 4.78 is 5.15. The molecule has 2 aromatic carbocycles. The van der Waals surface area contributed by atoms with Gasteiger partial charge in [-0.15, -0.1) is 0 Å². The van der Waals surface area contributed by atoms with Gasteiger partial charge in [0.1, 0.15) is 0 Å². The average Bonchev–Trinajstić information content (AvgIpc) is 3.19. The minimum absolute atomic E-state index is 0.0604. The van der Waals surface area contributed by atoms with Crippen LogP contribution in [0.2, 0.25) is 0 Å². The summed E-state index contributed by atoms with van der Waals surface area (Å²) in [5.41, 5.74) is 2.89. The van der Waals surface area contributed by atoms with E-state index in [1.807, 2.05) is 30.3 Å². The van der Waals surface area contributed by atoms with Crippen LogP contribution in [0.5, 0.6) is 0 Å². The van der Waals surface area contributed by atoms with Gasteiger partial charge in [0.2, 0.25) is 5.91 Å². The highest BCUT2D eigenvalue weighted by atomic mass is 16.5. The van der Waals surface area contributed by atoms with Crippen LogP contribution in [0, 0.1) is 17.2 Å². The number of anilines is 2. The summed E-state index contributed by atoms with van der Waals surface area (Å²) in [6.07, 6.45) is 1.00. The smallest absolute Gasteiger partial charge is 0.311 e. The lowest BCUT2D eigenvalue weighted by Crippen LogP contribution is -2.29. The van der Waals surface area contributed by atoms with Crippen molar-refractivity contribution < 1.29 is 19.1 Å². The zero-order valence-electron chi connectivity index (χ0n) is 17.6. The van der Waals surface area contributed by atoms with Crippen LogP contribution in [0.1, 0.15) is 43.7 Å². The zero-order valence-corrected chi connectivity index (χ0v) is 17.6. The van der Waals surface area contributed by atoms with Crippen LogP contribution in [-0.2, 0) is 19.1 Å². The second-order valence-electron chi connectivity index (χ2n) is 7.62. The lowest BCUT2D eigenvalue weighted by molar-refractivity contribution is -0.151. The van der Waals surface area contributed by atoms with Crippen LogP contribution >= 0.6 is 0 Å². The Morgan fingerprint density at radius 2 is 1.94 bits per heavy atom. The van der Waals surface area contributed by atoms with Gasteiger partial charge in [0.25, 0.3) is 5.91 Å². The fourth-order valence-electron chi connectivity index (χ4n) is 3.55. The molecule has 1 aliphatic rings. The van der Waals surface area contributed by atoms with Crippen molar-refractivity contribution in [1.29, 1.82) is 5.26 Å². The van der Waals surface area contributed by atoms with E-state index in [0.29, 0.717) is 17.2 Å². The van der Waals surface area contributed by atoms with Crippen molar-refractivity contribution in [3.8, 4) is 6.07 Å². The van der Waals surface area contributed by atoms with Gasteiger partial charge in [0, 0.05) is 24.3 Å². The number of benzene rings is 2. The maximum Gasteiger partial charge on any atom is 0.311 e. The quantitative estimate of drug-likeness (QED) is 0.691. The molecule has 1 fully saturated rings. The molecule has 1 aliphatic heterocycles. The van der Waals surface area contributed by atoms with Crippen LogP contribution in [0.3, 0.4) is 0 Å². The van der Waals surface area contributed by atoms with Crippen molar-refractivity contribution in [3.63, 3.8) is 0 Å². The van der Waals surface area contributed by atoms with Crippen molar-refractivity contribution in [2.45, 2.75) is 32.6 Å². The molecule has 0 saturated carbocycles. The van der Waals surface area contributed by atoms with Gasteiger partial charge in [-0.3, -0.25) is 14.4 Å². The zero-order chi connectivity index (χ0) is 22.4. The normalized spacial score (nSPS) is 16.5. The van der Waals surface area contributed by atoms with Crippen molar-refractivity contribution in [3.05, 3.63) is 59.7 Å². The Morgan fingerprint density at radius 1 is 1.23 bits per heavy atom. The first-order valence-electron chi connectivity index (χ1n) is 10.3. The number of esters is 1. The fourth-order valence-corrected chi connectivity index (χ4v) is 3.55. The molecule has 1 N–H and O–H groups in total. The SMILES string of the molecule is CC[C@H](C)c1ccccc1N1C[C@H](C(=O)OCC(=O)Nc2ccc(C#N)cc2)CC1=O. The molecule has 2 aromatic rings. The number of carbonyl (C=O) groups excluding carboxylic acids is 3. The minimum Gasteiger partial charge on any atom is -0.455 e. The standard InChI is InChI=1S/C24H25N3O4/c1-3-16(2)20-6-4-5-7-21(20)27-14-18(12-23(27)29)24(30)31-15-22(28)26-19-10-8-17(13-25)9-11-19/h4-11,16,18H,3,12,14-15H2,1-2H3,(H,26,28)/t16-,18+/m0/s1.